The van der Waals surface area contributed by atoms with Gasteiger partial charge in [0.05, 0.1) is 24.0 Å². The number of hydrogen-bond donors (Lipinski definition) is 0. The van der Waals surface area contributed by atoms with E-state index in [1.807, 2.05) is 12.1 Å². The van der Waals surface area contributed by atoms with Crippen LogP contribution in [0.25, 0.3) is 11.3 Å². The van der Waals surface area contributed by atoms with Gasteiger partial charge in [0.25, 0.3) is 0 Å². The van der Waals surface area contributed by atoms with E-state index in [1.165, 1.54) is 16.7 Å². The van der Waals surface area contributed by atoms with Crippen molar-refractivity contribution in [2.24, 2.45) is 0 Å². The van der Waals surface area contributed by atoms with Crippen LogP contribution in [0.5, 0.6) is 11.5 Å². The predicted molar refractivity (Wildman–Crippen MR) is 132 cm³/mol. The minimum absolute atomic E-state index is 0.0902. The highest BCUT2D eigenvalue weighted by Crippen LogP contribution is 2.37. The van der Waals surface area contributed by atoms with Gasteiger partial charge in [0, 0.05) is 29.4 Å². The van der Waals surface area contributed by atoms with Crippen molar-refractivity contribution < 1.29 is 9.47 Å². The summed E-state index contributed by atoms with van der Waals surface area (Å²) in [6, 6.07) is 17.0. The largest absolute Gasteiger partial charge is 0.491 e. The highest BCUT2D eigenvalue weighted by Gasteiger charge is 2.22. The summed E-state index contributed by atoms with van der Waals surface area (Å²) < 4.78 is 12.2. The summed E-state index contributed by atoms with van der Waals surface area (Å²) in [4.78, 5) is 7.48. The number of aromatic nitrogens is 1. The molecular formula is C28H34N2O2. The Morgan fingerprint density at radius 1 is 1.03 bits per heavy atom. The third kappa shape index (κ3) is 4.45. The van der Waals surface area contributed by atoms with Crippen LogP contribution in [0.3, 0.4) is 0 Å². The minimum atomic E-state index is 0.0902. The molecule has 0 radical (unpaired) electrons. The van der Waals surface area contributed by atoms with E-state index in [4.69, 9.17) is 14.5 Å². The highest BCUT2D eigenvalue weighted by atomic mass is 16.5. The Morgan fingerprint density at radius 3 is 2.44 bits per heavy atom. The van der Waals surface area contributed by atoms with Gasteiger partial charge in [0.1, 0.15) is 18.1 Å². The molecular weight excluding hydrogens is 396 g/mol. The molecule has 0 fully saturated rings. The molecule has 0 N–H and O–H groups in total. The number of ether oxygens (including phenoxy) is 2. The second kappa shape index (κ2) is 9.64. The molecule has 1 aliphatic heterocycles. The fraction of sp³-hybridized carbons (Fsp3) is 0.393. The Balaban J connectivity index is 1.79. The number of hydrogen-bond acceptors (Lipinski definition) is 4. The molecule has 2 heterocycles. The van der Waals surface area contributed by atoms with Gasteiger partial charge in [0.2, 0.25) is 0 Å². The number of anilines is 1. The first-order valence-electron chi connectivity index (χ1n) is 11.8. The maximum Gasteiger partial charge on any atom is 0.142 e. The zero-order valence-corrected chi connectivity index (χ0v) is 19.9. The van der Waals surface area contributed by atoms with E-state index in [1.54, 1.807) is 0 Å². The lowest BCUT2D eigenvalue weighted by Gasteiger charge is -2.32. The second-order valence-corrected chi connectivity index (χ2v) is 8.63. The lowest BCUT2D eigenvalue weighted by atomic mass is 9.94. The van der Waals surface area contributed by atoms with Crippen LogP contribution in [0.2, 0.25) is 0 Å². The normalized spacial score (nSPS) is 13.1. The first-order chi connectivity index (χ1) is 15.5. The molecule has 2 aromatic carbocycles. The van der Waals surface area contributed by atoms with E-state index >= 15 is 0 Å². The molecule has 0 saturated carbocycles. The molecule has 3 aromatic rings. The van der Waals surface area contributed by atoms with Crippen molar-refractivity contribution in [2.75, 3.05) is 18.1 Å². The molecule has 0 atom stereocenters. The molecule has 0 saturated heterocycles. The third-order valence-corrected chi connectivity index (χ3v) is 6.08. The number of nitrogens with zero attached hydrogens (tertiary/aromatic N) is 2. The fourth-order valence-electron chi connectivity index (χ4n) is 4.50. The quantitative estimate of drug-likeness (QED) is 0.436. The van der Waals surface area contributed by atoms with Crippen LogP contribution in [-0.2, 0) is 19.4 Å². The van der Waals surface area contributed by atoms with E-state index in [2.05, 4.69) is 75.9 Å². The van der Waals surface area contributed by atoms with E-state index in [0.717, 1.165) is 60.1 Å². The highest BCUT2D eigenvalue weighted by molar-refractivity contribution is 5.70. The molecule has 1 aromatic heterocycles. The first kappa shape index (κ1) is 22.2. The van der Waals surface area contributed by atoms with Gasteiger partial charge in [-0.25, -0.2) is 0 Å². The van der Waals surface area contributed by atoms with Crippen molar-refractivity contribution in [1.29, 1.82) is 0 Å². The molecule has 32 heavy (non-hydrogen) atoms. The van der Waals surface area contributed by atoms with Crippen molar-refractivity contribution >= 4 is 5.69 Å². The smallest absolute Gasteiger partial charge is 0.142 e. The van der Waals surface area contributed by atoms with Crippen molar-refractivity contribution in [2.45, 2.75) is 60.1 Å². The molecule has 4 heteroatoms. The number of rotatable bonds is 7. The lowest BCUT2D eigenvalue weighted by molar-refractivity contribution is 0.239. The van der Waals surface area contributed by atoms with E-state index < -0.39 is 0 Å². The molecule has 0 aliphatic carbocycles. The van der Waals surface area contributed by atoms with E-state index in [9.17, 15) is 0 Å². The summed E-state index contributed by atoms with van der Waals surface area (Å²) in [7, 11) is 0. The van der Waals surface area contributed by atoms with Gasteiger partial charge < -0.3 is 14.4 Å². The molecule has 0 bridgehead atoms. The van der Waals surface area contributed by atoms with Crippen LogP contribution in [-0.4, -0.2) is 24.2 Å². The Kier molecular flexibility index (Phi) is 6.69. The summed E-state index contributed by atoms with van der Waals surface area (Å²) in [5, 5.41) is 0. The van der Waals surface area contributed by atoms with Gasteiger partial charge in [-0.3, -0.25) is 4.98 Å². The van der Waals surface area contributed by atoms with E-state index in [-0.39, 0.29) is 6.10 Å². The third-order valence-electron chi connectivity index (χ3n) is 6.08. The van der Waals surface area contributed by atoms with Crippen LogP contribution in [0.1, 0.15) is 50.1 Å². The zero-order chi connectivity index (χ0) is 22.7. The van der Waals surface area contributed by atoms with Gasteiger partial charge >= 0.3 is 0 Å². The molecule has 4 rings (SSSR count). The van der Waals surface area contributed by atoms with Crippen LogP contribution in [0.15, 0.2) is 48.5 Å². The number of fused-ring (bicyclic) bond motifs is 1. The lowest BCUT2D eigenvalue weighted by Crippen LogP contribution is -2.32. The summed E-state index contributed by atoms with van der Waals surface area (Å²) in [6.45, 7) is 13.0. The average Bonchev–Trinajstić information content (AvgIpc) is 2.80. The van der Waals surface area contributed by atoms with Gasteiger partial charge in [-0.05, 0) is 56.9 Å². The maximum atomic E-state index is 6.37. The van der Waals surface area contributed by atoms with Gasteiger partial charge in [-0.15, -0.1) is 0 Å². The number of benzene rings is 2. The SMILES string of the molecule is CCc1cccc(CC)c1-c1cc(OC(C)C)c(CN2CCOc3ccccc32)c(C)n1. The zero-order valence-electron chi connectivity index (χ0n) is 19.9. The molecule has 168 valence electrons. The van der Waals surface area contributed by atoms with E-state index in [0.29, 0.717) is 6.61 Å². The predicted octanol–water partition coefficient (Wildman–Crippen LogP) is 6.37. The summed E-state index contributed by atoms with van der Waals surface area (Å²) in [5.74, 6) is 1.87. The van der Waals surface area contributed by atoms with Crippen LogP contribution >= 0.6 is 0 Å². The van der Waals surface area contributed by atoms with Crippen molar-refractivity contribution in [3.63, 3.8) is 0 Å². The van der Waals surface area contributed by atoms with Gasteiger partial charge in [0.15, 0.2) is 0 Å². The summed E-state index contributed by atoms with van der Waals surface area (Å²) in [6.07, 6.45) is 2.06. The first-order valence-corrected chi connectivity index (χ1v) is 11.8. The Labute approximate surface area is 192 Å². The average molecular weight is 431 g/mol. The van der Waals surface area contributed by atoms with Gasteiger partial charge in [-0.2, -0.15) is 0 Å². The Morgan fingerprint density at radius 2 is 1.75 bits per heavy atom. The molecule has 1 aliphatic rings. The number of para-hydroxylation sites is 2. The van der Waals surface area contributed by atoms with Crippen molar-refractivity contribution in [1.82, 2.24) is 4.98 Å². The van der Waals surface area contributed by atoms with Crippen LogP contribution in [0, 0.1) is 6.92 Å². The molecule has 4 nitrogen and oxygen atoms in total. The Bertz CT molecular complexity index is 1070. The Hall–Kier alpha value is -3.01. The van der Waals surface area contributed by atoms with Crippen molar-refractivity contribution in [3.8, 4) is 22.8 Å². The number of aryl methyl sites for hydroxylation is 3. The summed E-state index contributed by atoms with van der Waals surface area (Å²) in [5.41, 5.74) is 8.24. The van der Waals surface area contributed by atoms with Crippen LogP contribution in [0.4, 0.5) is 5.69 Å². The molecule has 0 spiro atoms. The second-order valence-electron chi connectivity index (χ2n) is 8.63. The fourth-order valence-corrected chi connectivity index (χ4v) is 4.50. The van der Waals surface area contributed by atoms with Crippen LogP contribution < -0.4 is 14.4 Å². The molecule has 0 unspecified atom stereocenters. The minimum Gasteiger partial charge on any atom is -0.491 e. The topological polar surface area (TPSA) is 34.6 Å². The number of pyridine rings is 1. The standard InChI is InChI=1S/C28H34N2O2/c1-6-21-11-10-12-22(7-2)28(21)24-17-27(32-19(3)4)23(20(5)29-24)18-30-15-16-31-26-14-9-8-13-25(26)30/h8-14,17,19H,6-7,15-16,18H2,1-5H3. The van der Waals surface area contributed by atoms with Crippen molar-refractivity contribution in [3.05, 3.63) is 70.9 Å². The maximum absolute atomic E-state index is 6.37. The molecule has 0 amide bonds. The monoisotopic (exact) mass is 430 g/mol. The summed E-state index contributed by atoms with van der Waals surface area (Å²) >= 11 is 0. The van der Waals surface area contributed by atoms with Gasteiger partial charge in [-0.1, -0.05) is 44.2 Å².